The van der Waals surface area contributed by atoms with E-state index in [1.54, 1.807) is 12.5 Å². The standard InChI is InChI=1S/C36H36N6O3S/c1-35(2,3)45-34(43)40-36(19-9-20-36)25-17-15-23(16-18-25)31-30(24-10-7-11-26(22-24)41-46(4)44)39-33-27-12-5-6-13-28(27)38-32-29(42(31)33)14-8-21-37-32/h5-8,10-18,21-22,41H,9,19-20H2,1-4H3,(H,37,38)(H,40,43). The topological polar surface area (TPSA) is 110 Å². The highest BCUT2D eigenvalue weighted by Crippen LogP contribution is 2.46. The minimum Gasteiger partial charge on any atom is -0.444 e. The van der Waals surface area contributed by atoms with E-state index in [1.807, 2.05) is 75.4 Å². The summed E-state index contributed by atoms with van der Waals surface area (Å²) in [7, 11) is -1.22. The van der Waals surface area contributed by atoms with E-state index in [4.69, 9.17) is 14.7 Å². The molecule has 2 aliphatic rings. The quantitative estimate of drug-likeness (QED) is 0.172. The number of imidazole rings is 1. The van der Waals surface area contributed by atoms with Gasteiger partial charge in [-0.15, -0.1) is 0 Å². The van der Waals surface area contributed by atoms with Gasteiger partial charge in [0.15, 0.2) is 5.82 Å². The van der Waals surface area contributed by atoms with Gasteiger partial charge in [-0.05, 0) is 82.0 Å². The summed E-state index contributed by atoms with van der Waals surface area (Å²) in [5, 5.41) is 6.69. The molecule has 1 saturated carbocycles. The Balaban J connectivity index is 1.40. The molecule has 2 aromatic heterocycles. The Morgan fingerprint density at radius 1 is 0.978 bits per heavy atom. The van der Waals surface area contributed by atoms with E-state index in [1.165, 1.54) is 0 Å². The van der Waals surface area contributed by atoms with Crippen molar-refractivity contribution in [1.29, 1.82) is 0 Å². The van der Waals surface area contributed by atoms with E-state index < -0.39 is 28.2 Å². The Kier molecular flexibility index (Phi) is 7.39. The number of para-hydroxylation sites is 1. The second-order valence-electron chi connectivity index (χ2n) is 12.8. The van der Waals surface area contributed by atoms with Gasteiger partial charge < -0.3 is 20.1 Å². The van der Waals surface area contributed by atoms with E-state index in [-0.39, 0.29) is 0 Å². The van der Waals surface area contributed by atoms with Crippen molar-refractivity contribution in [2.45, 2.75) is 51.2 Å². The fraction of sp³-hybridized carbons (Fsp3) is 0.250. The van der Waals surface area contributed by atoms with Gasteiger partial charge in [0, 0.05) is 34.8 Å². The Morgan fingerprint density at radius 3 is 2.48 bits per heavy atom. The maximum absolute atomic E-state index is 12.8. The number of carbonyl (C=O) groups excluding carboxylic acids is 1. The van der Waals surface area contributed by atoms with Gasteiger partial charge in [0.2, 0.25) is 0 Å². The zero-order valence-corrected chi connectivity index (χ0v) is 27.1. The van der Waals surface area contributed by atoms with Crippen molar-refractivity contribution in [3.05, 3.63) is 96.7 Å². The second-order valence-corrected chi connectivity index (χ2v) is 13.9. The summed E-state index contributed by atoms with van der Waals surface area (Å²) >= 11 is 0. The van der Waals surface area contributed by atoms with E-state index in [9.17, 15) is 9.00 Å². The van der Waals surface area contributed by atoms with Gasteiger partial charge in [0.05, 0.1) is 28.3 Å². The summed E-state index contributed by atoms with van der Waals surface area (Å²) in [5.74, 6) is 1.51. The van der Waals surface area contributed by atoms with Crippen LogP contribution in [0.3, 0.4) is 0 Å². The van der Waals surface area contributed by atoms with Gasteiger partial charge in [-0.2, -0.15) is 0 Å². The van der Waals surface area contributed by atoms with Gasteiger partial charge >= 0.3 is 6.09 Å². The number of fused-ring (bicyclic) bond motifs is 5. The number of nitrogens with one attached hydrogen (secondary N) is 3. The van der Waals surface area contributed by atoms with Crippen molar-refractivity contribution in [3.63, 3.8) is 0 Å². The number of hydrogen-bond donors (Lipinski definition) is 3. The molecule has 1 aliphatic carbocycles. The first-order valence-electron chi connectivity index (χ1n) is 15.4. The number of ether oxygens (including phenoxy) is 1. The number of carbonyl (C=O) groups is 1. The Hall–Kier alpha value is -4.96. The number of alkyl carbamates (subject to hydrolysis) is 1. The molecule has 0 saturated heterocycles. The highest BCUT2D eigenvalue weighted by molar-refractivity contribution is 7.85. The fourth-order valence-corrected chi connectivity index (χ4v) is 6.71. The van der Waals surface area contributed by atoms with Crippen LogP contribution in [0.25, 0.3) is 39.6 Å². The monoisotopic (exact) mass is 632 g/mol. The van der Waals surface area contributed by atoms with Crippen LogP contribution >= 0.6 is 0 Å². The zero-order valence-electron chi connectivity index (χ0n) is 26.3. The molecule has 1 aliphatic heterocycles. The third kappa shape index (κ3) is 5.53. The SMILES string of the molecule is CS(=O)Nc1cccc(-c2nc3n(c2-c2ccc(C4(NC(=O)OC(C)(C)C)CCC4)cc2)-c2cccnc2Nc2ccccc2-3)c1. The number of aromatic nitrogens is 3. The van der Waals surface area contributed by atoms with Crippen molar-refractivity contribution in [2.75, 3.05) is 16.3 Å². The van der Waals surface area contributed by atoms with E-state index >= 15 is 0 Å². The normalized spacial score (nSPS) is 15.1. The number of rotatable bonds is 6. The lowest BCUT2D eigenvalue weighted by molar-refractivity contribution is 0.0377. The van der Waals surface area contributed by atoms with E-state index in [2.05, 4.69) is 50.3 Å². The number of hydrogen-bond acceptors (Lipinski definition) is 6. The van der Waals surface area contributed by atoms with Crippen LogP contribution in [0.1, 0.15) is 45.6 Å². The third-order valence-corrected chi connectivity index (χ3v) is 8.90. The lowest BCUT2D eigenvalue weighted by atomic mass is 9.71. The Labute approximate surface area is 271 Å². The van der Waals surface area contributed by atoms with Crippen LogP contribution in [0.2, 0.25) is 0 Å². The molecule has 5 aromatic rings. The van der Waals surface area contributed by atoms with Crippen molar-refractivity contribution in [1.82, 2.24) is 19.9 Å². The van der Waals surface area contributed by atoms with Gasteiger partial charge in [-0.25, -0.2) is 19.0 Å². The lowest BCUT2D eigenvalue weighted by Crippen LogP contribution is -2.52. The molecule has 3 aromatic carbocycles. The third-order valence-electron chi connectivity index (χ3n) is 8.38. The summed E-state index contributed by atoms with van der Waals surface area (Å²) < 4.78 is 22.8. The second kappa shape index (κ2) is 11.4. The van der Waals surface area contributed by atoms with Crippen LogP contribution in [0, 0.1) is 0 Å². The molecular formula is C36H36N6O3S. The van der Waals surface area contributed by atoms with Crippen molar-refractivity contribution >= 4 is 34.3 Å². The molecule has 3 heterocycles. The molecule has 0 bridgehead atoms. The highest BCUT2D eigenvalue weighted by atomic mass is 32.2. The summed E-state index contributed by atoms with van der Waals surface area (Å²) in [6, 6.07) is 28.3. The largest absolute Gasteiger partial charge is 0.444 e. The molecule has 46 heavy (non-hydrogen) atoms. The first-order valence-corrected chi connectivity index (χ1v) is 16.9. The molecule has 1 atom stereocenters. The molecule has 1 unspecified atom stereocenters. The predicted molar refractivity (Wildman–Crippen MR) is 184 cm³/mol. The molecule has 234 valence electrons. The first-order chi connectivity index (χ1) is 22.1. The van der Waals surface area contributed by atoms with Crippen LogP contribution < -0.4 is 15.4 Å². The molecule has 3 N–H and O–H groups in total. The minimum absolute atomic E-state index is 0.406. The molecule has 10 heteroatoms. The minimum atomic E-state index is -1.22. The zero-order chi connectivity index (χ0) is 32.1. The van der Waals surface area contributed by atoms with Gasteiger partial charge in [0.25, 0.3) is 0 Å². The Bertz CT molecular complexity index is 1970. The summed E-state index contributed by atoms with van der Waals surface area (Å²) in [5.41, 5.74) is 6.99. The number of benzene rings is 3. The molecular weight excluding hydrogens is 597 g/mol. The first kappa shape index (κ1) is 29.7. The summed E-state index contributed by atoms with van der Waals surface area (Å²) in [6.07, 6.45) is 5.70. The molecule has 7 rings (SSSR count). The van der Waals surface area contributed by atoms with Crippen LogP contribution in [0.5, 0.6) is 0 Å². The van der Waals surface area contributed by atoms with Crippen molar-refractivity contribution in [3.8, 4) is 39.6 Å². The predicted octanol–water partition coefficient (Wildman–Crippen LogP) is 7.93. The van der Waals surface area contributed by atoms with Gasteiger partial charge in [0.1, 0.15) is 22.4 Å². The lowest BCUT2D eigenvalue weighted by Gasteiger charge is -2.43. The summed E-state index contributed by atoms with van der Waals surface area (Å²) in [6.45, 7) is 5.61. The van der Waals surface area contributed by atoms with E-state index in [0.29, 0.717) is 0 Å². The van der Waals surface area contributed by atoms with Crippen LogP contribution in [0.15, 0.2) is 91.1 Å². The number of anilines is 3. The number of pyridine rings is 1. The Morgan fingerprint density at radius 2 is 1.76 bits per heavy atom. The summed E-state index contributed by atoms with van der Waals surface area (Å²) in [4.78, 5) is 22.8. The fourth-order valence-electron chi connectivity index (χ4n) is 6.25. The van der Waals surface area contributed by atoms with Crippen molar-refractivity contribution in [2.24, 2.45) is 0 Å². The van der Waals surface area contributed by atoms with Crippen LogP contribution in [-0.4, -0.2) is 36.7 Å². The van der Waals surface area contributed by atoms with Crippen molar-refractivity contribution < 1.29 is 13.7 Å². The number of nitrogens with zero attached hydrogens (tertiary/aromatic N) is 3. The van der Waals surface area contributed by atoms with Gasteiger partial charge in [-0.3, -0.25) is 4.57 Å². The molecule has 0 radical (unpaired) electrons. The number of amides is 1. The molecule has 9 nitrogen and oxygen atoms in total. The van der Waals surface area contributed by atoms with Crippen LogP contribution in [0.4, 0.5) is 22.0 Å². The molecule has 0 spiro atoms. The average molecular weight is 633 g/mol. The molecule has 1 fully saturated rings. The van der Waals surface area contributed by atoms with Crippen LogP contribution in [-0.2, 0) is 21.3 Å². The maximum Gasteiger partial charge on any atom is 0.408 e. The highest BCUT2D eigenvalue weighted by Gasteiger charge is 2.41. The average Bonchev–Trinajstić information content (AvgIpc) is 3.33. The van der Waals surface area contributed by atoms with Gasteiger partial charge in [-0.1, -0.05) is 48.5 Å². The maximum atomic E-state index is 12.8. The van der Waals surface area contributed by atoms with E-state index in [0.717, 1.165) is 81.6 Å². The smallest absolute Gasteiger partial charge is 0.408 e. The molecule has 1 amide bonds.